The zero-order valence-corrected chi connectivity index (χ0v) is 31.2. The van der Waals surface area contributed by atoms with Crippen molar-refractivity contribution in [2.75, 3.05) is 0 Å². The van der Waals surface area contributed by atoms with Gasteiger partial charge in [0.1, 0.15) is 0 Å². The molecule has 2 aliphatic rings. The largest absolute Gasteiger partial charge is 0.228 e. The van der Waals surface area contributed by atoms with Crippen molar-refractivity contribution in [3.63, 3.8) is 0 Å². The highest BCUT2D eigenvalue weighted by atomic mass is 32.2. The minimum atomic E-state index is -0.411. The van der Waals surface area contributed by atoms with E-state index in [2.05, 4.69) is 206 Å². The normalized spacial score (nSPS) is 13.1. The molecule has 1 spiro atoms. The summed E-state index contributed by atoms with van der Waals surface area (Å²) in [6, 6.07) is 74.3. The van der Waals surface area contributed by atoms with Gasteiger partial charge in [-0.3, -0.25) is 0 Å². The highest BCUT2D eigenvalue weighted by molar-refractivity contribution is 7.99. The number of fused-ring (bicyclic) bond motifs is 9. The second-order valence-corrected chi connectivity index (χ2v) is 15.6. The molecule has 0 amide bonds. The van der Waals surface area contributed by atoms with Crippen molar-refractivity contribution in [1.29, 1.82) is 0 Å². The Morgan fingerprint density at radius 2 is 0.732 bits per heavy atom. The first-order valence-corrected chi connectivity index (χ1v) is 19.9. The number of aromatic nitrogens is 2. The van der Waals surface area contributed by atoms with E-state index in [1.165, 1.54) is 65.4 Å². The Morgan fingerprint density at radius 1 is 0.304 bits per heavy atom. The van der Waals surface area contributed by atoms with Crippen molar-refractivity contribution in [2.24, 2.45) is 0 Å². The summed E-state index contributed by atoms with van der Waals surface area (Å²) >= 11 is 1.86. The number of hydrogen-bond donors (Lipinski definition) is 0. The molecule has 1 aromatic heterocycles. The van der Waals surface area contributed by atoms with Gasteiger partial charge in [-0.1, -0.05) is 200 Å². The molecular formula is C53H34N2S. The molecule has 56 heavy (non-hydrogen) atoms. The fourth-order valence-corrected chi connectivity index (χ4v) is 10.0. The van der Waals surface area contributed by atoms with Crippen LogP contribution in [-0.2, 0) is 5.41 Å². The van der Waals surface area contributed by atoms with Gasteiger partial charge in [-0.05, 0) is 73.8 Å². The van der Waals surface area contributed by atoms with Crippen LogP contribution in [0, 0.1) is 0 Å². The molecule has 0 N–H and O–H groups in total. The van der Waals surface area contributed by atoms with Crippen molar-refractivity contribution < 1.29 is 0 Å². The van der Waals surface area contributed by atoms with Crippen molar-refractivity contribution in [3.05, 3.63) is 229 Å². The zero-order valence-electron chi connectivity index (χ0n) is 30.4. The molecule has 0 saturated heterocycles. The van der Waals surface area contributed by atoms with Crippen LogP contribution >= 0.6 is 11.8 Å². The average Bonchev–Trinajstić information content (AvgIpc) is 3.57. The third-order valence-electron chi connectivity index (χ3n) is 11.4. The maximum atomic E-state index is 5.30. The first-order valence-electron chi connectivity index (χ1n) is 19.1. The van der Waals surface area contributed by atoms with Gasteiger partial charge in [0.05, 0.1) is 16.8 Å². The third kappa shape index (κ3) is 5.20. The van der Waals surface area contributed by atoms with Gasteiger partial charge in [0.2, 0.25) is 0 Å². The first kappa shape index (κ1) is 32.6. The molecule has 0 atom stereocenters. The van der Waals surface area contributed by atoms with Gasteiger partial charge in [-0.25, -0.2) is 9.97 Å². The molecule has 1 aliphatic carbocycles. The van der Waals surface area contributed by atoms with Crippen LogP contribution in [-0.4, -0.2) is 9.97 Å². The van der Waals surface area contributed by atoms with E-state index in [-0.39, 0.29) is 0 Å². The van der Waals surface area contributed by atoms with Gasteiger partial charge in [-0.2, -0.15) is 0 Å². The van der Waals surface area contributed by atoms with E-state index in [1.807, 2.05) is 11.8 Å². The lowest BCUT2D eigenvalue weighted by molar-refractivity contribution is 0.722. The molecule has 0 unspecified atom stereocenters. The predicted octanol–water partition coefficient (Wildman–Crippen LogP) is 13.6. The van der Waals surface area contributed by atoms with Crippen LogP contribution in [0.2, 0.25) is 0 Å². The molecule has 9 aromatic rings. The van der Waals surface area contributed by atoms with E-state index >= 15 is 0 Å². The Labute approximate surface area is 331 Å². The van der Waals surface area contributed by atoms with Gasteiger partial charge < -0.3 is 0 Å². The van der Waals surface area contributed by atoms with Crippen LogP contribution in [0.25, 0.3) is 67.3 Å². The van der Waals surface area contributed by atoms with E-state index < -0.39 is 5.41 Å². The maximum absolute atomic E-state index is 5.30. The molecule has 0 fully saturated rings. The van der Waals surface area contributed by atoms with Crippen LogP contribution in [0.1, 0.15) is 22.3 Å². The van der Waals surface area contributed by atoms with Crippen molar-refractivity contribution in [3.8, 4) is 67.3 Å². The van der Waals surface area contributed by atoms with Crippen molar-refractivity contribution in [2.45, 2.75) is 15.2 Å². The minimum Gasteiger partial charge on any atom is -0.228 e. The fourth-order valence-electron chi connectivity index (χ4n) is 8.80. The molecule has 3 heteroatoms. The molecular weight excluding hydrogens is 697 g/mol. The Bertz CT molecular complexity index is 2770. The highest BCUT2D eigenvalue weighted by Crippen LogP contribution is 2.62. The maximum Gasteiger partial charge on any atom is 0.160 e. The third-order valence-corrected chi connectivity index (χ3v) is 12.5. The Morgan fingerprint density at radius 3 is 1.34 bits per heavy atom. The van der Waals surface area contributed by atoms with Crippen LogP contribution in [0.3, 0.4) is 0 Å². The summed E-state index contributed by atoms with van der Waals surface area (Å²) in [5.74, 6) is 0.704. The fraction of sp³-hybridized carbons (Fsp3) is 0.0189. The Hall–Kier alpha value is -6.81. The van der Waals surface area contributed by atoms with Crippen molar-refractivity contribution in [1.82, 2.24) is 9.97 Å². The lowest BCUT2D eigenvalue weighted by Crippen LogP contribution is -2.31. The zero-order chi connectivity index (χ0) is 37.1. The van der Waals surface area contributed by atoms with Crippen LogP contribution in [0.15, 0.2) is 216 Å². The van der Waals surface area contributed by atoms with E-state index in [1.54, 1.807) is 0 Å². The van der Waals surface area contributed by atoms with E-state index in [9.17, 15) is 0 Å². The van der Waals surface area contributed by atoms with Crippen LogP contribution in [0.4, 0.5) is 0 Å². The molecule has 0 radical (unpaired) electrons. The SMILES string of the molecule is c1ccc(-c2ccc(-c3cc(-c4ccc5c(c4)Sc4ccccc4C54c5ccccc5-c5ccccc54)nc(-c4ccc(-c5ccccc5)cc4)n3)cc2)cc1. The van der Waals surface area contributed by atoms with E-state index in [4.69, 9.17) is 9.97 Å². The van der Waals surface area contributed by atoms with Gasteiger partial charge in [0.15, 0.2) is 5.82 Å². The molecule has 2 heterocycles. The number of rotatable bonds is 5. The summed E-state index contributed by atoms with van der Waals surface area (Å²) in [7, 11) is 0. The lowest BCUT2D eigenvalue weighted by atomic mass is 9.67. The van der Waals surface area contributed by atoms with E-state index in [0.717, 1.165) is 28.1 Å². The van der Waals surface area contributed by atoms with Gasteiger partial charge >= 0.3 is 0 Å². The summed E-state index contributed by atoms with van der Waals surface area (Å²) in [6.07, 6.45) is 0. The molecule has 11 rings (SSSR count). The van der Waals surface area contributed by atoms with Gasteiger partial charge in [-0.15, -0.1) is 0 Å². The summed E-state index contributed by atoms with van der Waals surface area (Å²) < 4.78 is 0. The quantitative estimate of drug-likeness (QED) is 0.176. The second kappa shape index (κ2) is 13.2. The lowest BCUT2D eigenvalue weighted by Gasteiger charge is -2.39. The minimum absolute atomic E-state index is 0.411. The van der Waals surface area contributed by atoms with Crippen molar-refractivity contribution >= 4 is 11.8 Å². The summed E-state index contributed by atoms with van der Waals surface area (Å²) in [5.41, 5.74) is 17.1. The average molecular weight is 731 g/mol. The molecule has 2 nitrogen and oxygen atoms in total. The highest BCUT2D eigenvalue weighted by Gasteiger charge is 2.50. The topological polar surface area (TPSA) is 25.8 Å². The molecule has 1 aliphatic heterocycles. The molecule has 8 aromatic carbocycles. The number of hydrogen-bond acceptors (Lipinski definition) is 3. The first-order chi connectivity index (χ1) is 27.7. The second-order valence-electron chi connectivity index (χ2n) is 14.5. The summed E-state index contributed by atoms with van der Waals surface area (Å²) in [5, 5.41) is 0. The molecule has 0 saturated carbocycles. The van der Waals surface area contributed by atoms with Gasteiger partial charge in [0, 0.05) is 26.5 Å². The predicted molar refractivity (Wildman–Crippen MR) is 231 cm³/mol. The van der Waals surface area contributed by atoms with E-state index in [0.29, 0.717) is 5.82 Å². The monoisotopic (exact) mass is 730 g/mol. The van der Waals surface area contributed by atoms with Crippen LogP contribution in [0.5, 0.6) is 0 Å². The number of benzene rings is 8. The van der Waals surface area contributed by atoms with Crippen LogP contribution < -0.4 is 0 Å². The summed E-state index contributed by atoms with van der Waals surface area (Å²) in [4.78, 5) is 13.0. The molecule has 0 bridgehead atoms. The Kier molecular flexibility index (Phi) is 7.68. The number of nitrogens with zero attached hydrogens (tertiary/aromatic N) is 2. The summed E-state index contributed by atoms with van der Waals surface area (Å²) in [6.45, 7) is 0. The smallest absolute Gasteiger partial charge is 0.160 e. The standard InChI is InChI=1S/C53H34N2S/c1-3-13-35(14-4-1)37-23-27-39(28-24-37)48-34-49(55-52(54-48)40-29-25-38(26-30-40)36-15-5-2-6-16-36)41-31-32-47-51(33-41)56-50-22-12-11-21-46(50)53(47)44-19-9-7-17-42(44)43-18-8-10-20-45(43)53/h1-34H. The molecule has 262 valence electrons. The Balaban J connectivity index is 1.07. The van der Waals surface area contributed by atoms with Gasteiger partial charge in [0.25, 0.3) is 0 Å².